The average Bonchev–Trinajstić information content (AvgIpc) is 2.66. The van der Waals surface area contributed by atoms with E-state index in [0.29, 0.717) is 11.7 Å². The Labute approximate surface area is 99.1 Å². The molecule has 1 aromatic heterocycles. The van der Waals surface area contributed by atoms with Gasteiger partial charge in [-0.1, -0.05) is 0 Å². The molecule has 5 heteroatoms. The number of Topliss-reactive ketones (excluding diaryl/α,β-unsaturated/α-hetero) is 1. The van der Waals surface area contributed by atoms with Crippen LogP contribution in [0, 0.1) is 0 Å². The lowest BCUT2D eigenvalue weighted by Gasteiger charge is -2.23. The molecule has 0 amide bonds. The van der Waals surface area contributed by atoms with Gasteiger partial charge in [-0.05, 0) is 20.8 Å². The van der Waals surface area contributed by atoms with Crippen molar-refractivity contribution >= 4 is 33.9 Å². The molecule has 0 aliphatic carbocycles. The van der Waals surface area contributed by atoms with Gasteiger partial charge in [-0.25, -0.2) is 4.98 Å². The number of thiazole rings is 1. The van der Waals surface area contributed by atoms with E-state index < -0.39 is 0 Å². The van der Waals surface area contributed by atoms with Crippen molar-refractivity contribution in [2.24, 2.45) is 0 Å². The van der Waals surface area contributed by atoms with E-state index in [2.05, 4.69) is 30.7 Å². The Morgan fingerprint density at radius 1 is 1.67 bits per heavy atom. The van der Waals surface area contributed by atoms with Crippen molar-refractivity contribution in [3.63, 3.8) is 0 Å². The van der Waals surface area contributed by atoms with Gasteiger partial charge in [0.25, 0.3) is 0 Å². The fourth-order valence-corrected chi connectivity index (χ4v) is 2.48. The van der Waals surface area contributed by atoms with Gasteiger partial charge in [0.1, 0.15) is 5.69 Å². The summed E-state index contributed by atoms with van der Waals surface area (Å²) in [7, 11) is 0. The maximum absolute atomic E-state index is 11.3. The van der Waals surface area contributed by atoms with Gasteiger partial charge in [0.2, 0.25) is 0 Å². The molecule has 0 aliphatic heterocycles. The smallest absolute Gasteiger partial charge is 0.196 e. The summed E-state index contributed by atoms with van der Waals surface area (Å²) >= 11 is 6.96. The van der Waals surface area contributed by atoms with Crippen molar-refractivity contribution in [3.8, 4) is 0 Å². The Bertz CT molecular complexity index is 338. The molecule has 0 spiro atoms. The number of anilines is 1. The van der Waals surface area contributed by atoms with E-state index in [4.69, 9.17) is 11.6 Å². The van der Waals surface area contributed by atoms with Crippen molar-refractivity contribution in [2.75, 3.05) is 17.3 Å². The van der Waals surface area contributed by atoms with Crippen molar-refractivity contribution in [1.29, 1.82) is 0 Å². The van der Waals surface area contributed by atoms with Crippen LogP contribution in [0.2, 0.25) is 0 Å². The van der Waals surface area contributed by atoms with Crippen molar-refractivity contribution in [2.45, 2.75) is 26.8 Å². The predicted octanol–water partition coefficient (Wildman–Crippen LogP) is 2.80. The lowest BCUT2D eigenvalue weighted by atomic mass is 10.3. The third kappa shape index (κ3) is 2.92. The van der Waals surface area contributed by atoms with Gasteiger partial charge in [0, 0.05) is 18.0 Å². The van der Waals surface area contributed by atoms with Gasteiger partial charge in [0.15, 0.2) is 10.9 Å². The number of alkyl halides is 1. The van der Waals surface area contributed by atoms with Crippen molar-refractivity contribution < 1.29 is 4.79 Å². The lowest BCUT2D eigenvalue weighted by molar-refractivity contribution is 0.101. The van der Waals surface area contributed by atoms with Gasteiger partial charge in [-0.15, -0.1) is 22.9 Å². The Morgan fingerprint density at radius 2 is 2.33 bits per heavy atom. The zero-order chi connectivity index (χ0) is 11.4. The summed E-state index contributed by atoms with van der Waals surface area (Å²) in [5.74, 6) is -0.115. The van der Waals surface area contributed by atoms with Crippen LogP contribution >= 0.6 is 22.9 Å². The van der Waals surface area contributed by atoms with Crippen LogP contribution < -0.4 is 4.90 Å². The van der Waals surface area contributed by atoms with E-state index in [1.807, 2.05) is 0 Å². The minimum Gasteiger partial charge on any atom is -0.346 e. The number of hydrogen-bond donors (Lipinski definition) is 0. The van der Waals surface area contributed by atoms with Gasteiger partial charge in [0.05, 0.1) is 5.88 Å². The standard InChI is InChI=1S/C10H15ClN2OS/c1-4-13(7(2)3)10-12-8(6-15-10)9(14)5-11/h6-7H,4-5H2,1-3H3. The average molecular weight is 247 g/mol. The Morgan fingerprint density at radius 3 is 2.80 bits per heavy atom. The maximum atomic E-state index is 11.3. The van der Waals surface area contributed by atoms with E-state index >= 15 is 0 Å². The first kappa shape index (κ1) is 12.5. The molecule has 3 nitrogen and oxygen atoms in total. The molecular formula is C10H15ClN2OS. The molecule has 0 saturated carbocycles. The fraction of sp³-hybridized carbons (Fsp3) is 0.600. The van der Waals surface area contributed by atoms with Crippen LogP contribution in [0.3, 0.4) is 0 Å². The lowest BCUT2D eigenvalue weighted by Crippen LogP contribution is -2.30. The third-order valence-electron chi connectivity index (χ3n) is 2.11. The molecule has 1 heterocycles. The zero-order valence-electron chi connectivity index (χ0n) is 9.16. The largest absolute Gasteiger partial charge is 0.346 e. The second-order valence-corrected chi connectivity index (χ2v) is 4.56. The van der Waals surface area contributed by atoms with E-state index in [1.165, 1.54) is 11.3 Å². The second kappa shape index (κ2) is 5.47. The number of rotatable bonds is 5. The molecule has 0 bridgehead atoms. The third-order valence-corrected chi connectivity index (χ3v) is 3.23. The second-order valence-electron chi connectivity index (χ2n) is 3.45. The topological polar surface area (TPSA) is 33.2 Å². The molecule has 1 aromatic rings. The normalized spacial score (nSPS) is 10.7. The summed E-state index contributed by atoms with van der Waals surface area (Å²) in [5, 5.41) is 2.66. The quantitative estimate of drug-likeness (QED) is 0.592. The van der Waals surface area contributed by atoms with Crippen LogP contribution in [0.25, 0.3) is 0 Å². The molecule has 84 valence electrons. The summed E-state index contributed by atoms with van der Waals surface area (Å²) < 4.78 is 0. The highest BCUT2D eigenvalue weighted by atomic mass is 35.5. The number of hydrogen-bond acceptors (Lipinski definition) is 4. The highest BCUT2D eigenvalue weighted by molar-refractivity contribution is 7.14. The van der Waals surface area contributed by atoms with E-state index in [-0.39, 0.29) is 11.7 Å². The summed E-state index contributed by atoms with van der Waals surface area (Å²) in [4.78, 5) is 17.7. The first-order valence-corrected chi connectivity index (χ1v) is 6.32. The van der Waals surface area contributed by atoms with Gasteiger partial charge in [-0.2, -0.15) is 0 Å². The van der Waals surface area contributed by atoms with E-state index in [1.54, 1.807) is 5.38 Å². The molecule has 0 fully saturated rings. The van der Waals surface area contributed by atoms with Gasteiger partial charge in [-0.3, -0.25) is 4.79 Å². The summed E-state index contributed by atoms with van der Waals surface area (Å²) in [6, 6.07) is 0.389. The van der Waals surface area contributed by atoms with Crippen LogP contribution in [0.4, 0.5) is 5.13 Å². The molecule has 0 aromatic carbocycles. The number of ketones is 1. The molecule has 15 heavy (non-hydrogen) atoms. The summed E-state index contributed by atoms with van der Waals surface area (Å²) in [6.45, 7) is 7.17. The van der Waals surface area contributed by atoms with Crippen molar-refractivity contribution in [3.05, 3.63) is 11.1 Å². The maximum Gasteiger partial charge on any atom is 0.196 e. The molecule has 0 radical (unpaired) electrons. The zero-order valence-corrected chi connectivity index (χ0v) is 10.7. The monoisotopic (exact) mass is 246 g/mol. The number of aromatic nitrogens is 1. The van der Waals surface area contributed by atoms with Gasteiger partial charge < -0.3 is 4.90 Å². The predicted molar refractivity (Wildman–Crippen MR) is 65.3 cm³/mol. The minimum atomic E-state index is -0.112. The number of carbonyl (C=O) groups is 1. The summed E-state index contributed by atoms with van der Waals surface area (Å²) in [5.41, 5.74) is 0.476. The Hall–Kier alpha value is -0.610. The molecule has 0 aliphatic rings. The Balaban J connectivity index is 2.87. The molecular weight excluding hydrogens is 232 g/mol. The molecule has 0 unspecified atom stereocenters. The van der Waals surface area contributed by atoms with E-state index in [9.17, 15) is 4.79 Å². The van der Waals surface area contributed by atoms with E-state index in [0.717, 1.165) is 11.7 Å². The van der Waals surface area contributed by atoms with Crippen LogP contribution in [-0.2, 0) is 0 Å². The van der Waals surface area contributed by atoms with Crippen LogP contribution in [-0.4, -0.2) is 29.2 Å². The highest BCUT2D eigenvalue weighted by Gasteiger charge is 2.15. The minimum absolute atomic E-state index is 0.00300. The first-order valence-electron chi connectivity index (χ1n) is 4.91. The van der Waals surface area contributed by atoms with Gasteiger partial charge >= 0.3 is 0 Å². The Kier molecular flexibility index (Phi) is 4.54. The van der Waals surface area contributed by atoms with Crippen LogP contribution in [0.5, 0.6) is 0 Å². The highest BCUT2D eigenvalue weighted by Crippen LogP contribution is 2.22. The number of carbonyl (C=O) groups excluding carboxylic acids is 1. The SMILES string of the molecule is CCN(c1nc(C(=O)CCl)cs1)C(C)C. The van der Waals surface area contributed by atoms with Crippen LogP contribution in [0.1, 0.15) is 31.3 Å². The number of nitrogens with zero attached hydrogens (tertiary/aromatic N) is 2. The number of halogens is 1. The molecule has 0 saturated heterocycles. The molecule has 0 atom stereocenters. The van der Waals surface area contributed by atoms with Crippen LogP contribution in [0.15, 0.2) is 5.38 Å². The molecule has 1 rings (SSSR count). The van der Waals surface area contributed by atoms with Crippen molar-refractivity contribution in [1.82, 2.24) is 4.98 Å². The molecule has 0 N–H and O–H groups in total. The first-order chi connectivity index (χ1) is 7.10. The summed E-state index contributed by atoms with van der Waals surface area (Å²) in [6.07, 6.45) is 0. The fourth-order valence-electron chi connectivity index (χ4n) is 1.31.